The number of hydrogen-bond acceptors (Lipinski definition) is 0. The van der Waals surface area contributed by atoms with Crippen molar-refractivity contribution in [3.63, 3.8) is 0 Å². The van der Waals surface area contributed by atoms with Crippen LogP contribution in [-0.2, 0) is 6.42 Å². The standard InChI is InChI=1S/C13H14/c1-3-6-12-10(2)9-11-7-4-5-8-13(11)12/h4-8H,2-3,9H2,1H3/b12-6+. The van der Waals surface area contributed by atoms with Gasteiger partial charge in [0.05, 0.1) is 0 Å². The van der Waals surface area contributed by atoms with Gasteiger partial charge in [-0.1, -0.05) is 43.8 Å². The molecule has 66 valence electrons. The molecule has 0 bridgehead atoms. The zero-order valence-corrected chi connectivity index (χ0v) is 8.01. The van der Waals surface area contributed by atoms with E-state index in [0.717, 1.165) is 12.8 Å². The summed E-state index contributed by atoms with van der Waals surface area (Å²) in [5.41, 5.74) is 5.43. The zero-order chi connectivity index (χ0) is 9.26. The molecule has 1 aliphatic carbocycles. The molecule has 0 atom stereocenters. The molecule has 0 fully saturated rings. The van der Waals surface area contributed by atoms with Crippen LogP contribution in [0.1, 0.15) is 24.5 Å². The van der Waals surface area contributed by atoms with Crippen LogP contribution >= 0.6 is 0 Å². The highest BCUT2D eigenvalue weighted by molar-refractivity contribution is 5.85. The normalized spacial score (nSPS) is 17.9. The Kier molecular flexibility index (Phi) is 2.05. The van der Waals surface area contributed by atoms with Gasteiger partial charge in [0.25, 0.3) is 0 Å². The van der Waals surface area contributed by atoms with Gasteiger partial charge in [-0.2, -0.15) is 0 Å². The van der Waals surface area contributed by atoms with Crippen LogP contribution in [0.25, 0.3) is 5.57 Å². The molecule has 0 saturated heterocycles. The molecule has 0 saturated carbocycles. The Morgan fingerprint density at radius 2 is 2.15 bits per heavy atom. The first-order chi connectivity index (χ1) is 6.33. The maximum Gasteiger partial charge on any atom is -0.00194 e. The summed E-state index contributed by atoms with van der Waals surface area (Å²) in [6.45, 7) is 6.27. The molecule has 0 unspecified atom stereocenters. The van der Waals surface area contributed by atoms with Gasteiger partial charge in [-0.3, -0.25) is 0 Å². The van der Waals surface area contributed by atoms with Gasteiger partial charge in [0, 0.05) is 0 Å². The fraction of sp³-hybridized carbons (Fsp3) is 0.231. The molecule has 2 rings (SSSR count). The number of rotatable bonds is 1. The van der Waals surface area contributed by atoms with Crippen molar-refractivity contribution in [1.29, 1.82) is 0 Å². The Labute approximate surface area is 79.6 Å². The van der Waals surface area contributed by atoms with Crippen molar-refractivity contribution in [3.05, 3.63) is 53.6 Å². The first-order valence-corrected chi connectivity index (χ1v) is 4.79. The van der Waals surface area contributed by atoms with E-state index >= 15 is 0 Å². The predicted molar refractivity (Wildman–Crippen MR) is 57.6 cm³/mol. The van der Waals surface area contributed by atoms with Crippen LogP contribution in [-0.4, -0.2) is 0 Å². The van der Waals surface area contributed by atoms with Crippen LogP contribution in [0, 0.1) is 0 Å². The molecule has 0 heterocycles. The minimum Gasteiger partial charge on any atom is -0.0949 e. The van der Waals surface area contributed by atoms with Crippen molar-refractivity contribution in [2.45, 2.75) is 19.8 Å². The Hall–Kier alpha value is -1.30. The SMILES string of the molecule is C=C1Cc2ccccc2/C1=C/CC. The zero-order valence-electron chi connectivity index (χ0n) is 8.01. The minimum absolute atomic E-state index is 1.03. The third-order valence-electron chi connectivity index (χ3n) is 2.50. The van der Waals surface area contributed by atoms with Crippen molar-refractivity contribution in [1.82, 2.24) is 0 Å². The molecule has 0 heteroatoms. The Morgan fingerprint density at radius 3 is 2.92 bits per heavy atom. The van der Waals surface area contributed by atoms with E-state index in [9.17, 15) is 0 Å². The van der Waals surface area contributed by atoms with Gasteiger partial charge in [-0.15, -0.1) is 0 Å². The molecule has 0 aromatic heterocycles. The van der Waals surface area contributed by atoms with Crippen molar-refractivity contribution in [3.8, 4) is 0 Å². The second-order valence-electron chi connectivity index (χ2n) is 3.46. The van der Waals surface area contributed by atoms with E-state index in [1.807, 2.05) is 0 Å². The fourth-order valence-corrected chi connectivity index (χ4v) is 1.91. The highest BCUT2D eigenvalue weighted by Crippen LogP contribution is 2.35. The van der Waals surface area contributed by atoms with Gasteiger partial charge in [-0.25, -0.2) is 0 Å². The van der Waals surface area contributed by atoms with Crippen molar-refractivity contribution in [2.75, 3.05) is 0 Å². The Bertz CT molecular complexity index is 369. The number of benzene rings is 1. The molecule has 0 radical (unpaired) electrons. The highest BCUT2D eigenvalue weighted by Gasteiger charge is 2.17. The number of fused-ring (bicyclic) bond motifs is 1. The molecule has 1 aliphatic rings. The van der Waals surface area contributed by atoms with E-state index in [1.54, 1.807) is 0 Å². The molecule has 0 amide bonds. The summed E-state index contributed by atoms with van der Waals surface area (Å²) < 4.78 is 0. The summed E-state index contributed by atoms with van der Waals surface area (Å²) in [5.74, 6) is 0. The monoisotopic (exact) mass is 170 g/mol. The van der Waals surface area contributed by atoms with Gasteiger partial charge in [0.1, 0.15) is 0 Å². The molecular formula is C13H14. The third-order valence-corrected chi connectivity index (χ3v) is 2.50. The lowest BCUT2D eigenvalue weighted by molar-refractivity contribution is 1.22. The van der Waals surface area contributed by atoms with Crippen LogP contribution < -0.4 is 0 Å². The van der Waals surface area contributed by atoms with Crippen LogP contribution in [0.4, 0.5) is 0 Å². The van der Waals surface area contributed by atoms with Crippen molar-refractivity contribution < 1.29 is 0 Å². The second-order valence-corrected chi connectivity index (χ2v) is 3.46. The molecule has 0 nitrogen and oxygen atoms in total. The maximum atomic E-state index is 4.10. The summed E-state index contributed by atoms with van der Waals surface area (Å²) in [7, 11) is 0. The summed E-state index contributed by atoms with van der Waals surface area (Å²) in [6, 6.07) is 8.58. The summed E-state index contributed by atoms with van der Waals surface area (Å²) in [6.07, 6.45) is 4.39. The maximum absolute atomic E-state index is 4.10. The smallest absolute Gasteiger partial charge is 0.00194 e. The molecule has 0 spiro atoms. The second kappa shape index (κ2) is 3.21. The first-order valence-electron chi connectivity index (χ1n) is 4.79. The van der Waals surface area contributed by atoms with E-state index in [2.05, 4.69) is 43.8 Å². The molecule has 13 heavy (non-hydrogen) atoms. The average molecular weight is 170 g/mol. The molecule has 1 aromatic carbocycles. The van der Waals surface area contributed by atoms with E-state index < -0.39 is 0 Å². The first kappa shape index (κ1) is 8.31. The van der Waals surface area contributed by atoms with Crippen LogP contribution in [0.15, 0.2) is 42.5 Å². The third kappa shape index (κ3) is 1.33. The summed E-state index contributed by atoms with van der Waals surface area (Å²) >= 11 is 0. The summed E-state index contributed by atoms with van der Waals surface area (Å²) in [4.78, 5) is 0. The number of hydrogen-bond donors (Lipinski definition) is 0. The van der Waals surface area contributed by atoms with Gasteiger partial charge >= 0.3 is 0 Å². The molecule has 0 aliphatic heterocycles. The molecular weight excluding hydrogens is 156 g/mol. The van der Waals surface area contributed by atoms with Gasteiger partial charge in [0.15, 0.2) is 0 Å². The van der Waals surface area contributed by atoms with Gasteiger partial charge < -0.3 is 0 Å². The highest BCUT2D eigenvalue weighted by atomic mass is 14.2. The molecule has 1 aromatic rings. The lowest BCUT2D eigenvalue weighted by atomic mass is 10.1. The van der Waals surface area contributed by atoms with Crippen molar-refractivity contribution >= 4 is 5.57 Å². The van der Waals surface area contributed by atoms with Crippen LogP contribution in [0.3, 0.4) is 0 Å². The average Bonchev–Trinajstić information content (AvgIpc) is 2.44. The lowest BCUT2D eigenvalue weighted by Gasteiger charge is -1.99. The number of allylic oxidation sites excluding steroid dienone is 3. The summed E-state index contributed by atoms with van der Waals surface area (Å²) in [5, 5.41) is 0. The predicted octanol–water partition coefficient (Wildman–Crippen LogP) is 3.59. The van der Waals surface area contributed by atoms with Crippen LogP contribution in [0.2, 0.25) is 0 Å². The van der Waals surface area contributed by atoms with Gasteiger partial charge in [0.2, 0.25) is 0 Å². The lowest BCUT2D eigenvalue weighted by Crippen LogP contribution is -1.78. The van der Waals surface area contributed by atoms with E-state index in [1.165, 1.54) is 22.3 Å². The van der Waals surface area contributed by atoms with E-state index in [-0.39, 0.29) is 0 Å². The minimum atomic E-state index is 1.03. The van der Waals surface area contributed by atoms with Gasteiger partial charge in [-0.05, 0) is 35.1 Å². The Morgan fingerprint density at radius 1 is 1.38 bits per heavy atom. The molecule has 0 N–H and O–H groups in total. The quantitative estimate of drug-likeness (QED) is 0.604. The largest absolute Gasteiger partial charge is 0.0949 e. The fourth-order valence-electron chi connectivity index (χ4n) is 1.91. The van der Waals surface area contributed by atoms with E-state index in [4.69, 9.17) is 0 Å². The topological polar surface area (TPSA) is 0 Å². The van der Waals surface area contributed by atoms with Crippen LogP contribution in [0.5, 0.6) is 0 Å². The van der Waals surface area contributed by atoms with Crippen molar-refractivity contribution in [2.24, 2.45) is 0 Å². The van der Waals surface area contributed by atoms with E-state index in [0.29, 0.717) is 0 Å². The Balaban J connectivity index is 2.53.